The summed E-state index contributed by atoms with van der Waals surface area (Å²) in [6.07, 6.45) is 4.75. The van der Waals surface area contributed by atoms with Crippen LogP contribution in [0.3, 0.4) is 0 Å². The van der Waals surface area contributed by atoms with E-state index >= 15 is 0 Å². The van der Waals surface area contributed by atoms with Crippen LogP contribution in [0.4, 0.5) is 0 Å². The van der Waals surface area contributed by atoms with Crippen LogP contribution in [-0.4, -0.2) is 15.6 Å². The fourth-order valence-corrected chi connectivity index (χ4v) is 2.20. The highest BCUT2D eigenvalue weighted by Crippen LogP contribution is 2.21. The van der Waals surface area contributed by atoms with Crippen LogP contribution in [0, 0.1) is 11.3 Å². The summed E-state index contributed by atoms with van der Waals surface area (Å²) in [5, 5.41) is 13.8. The first-order valence-electron chi connectivity index (χ1n) is 5.61. The smallest absolute Gasteiger partial charge is 0.203 e. The summed E-state index contributed by atoms with van der Waals surface area (Å²) in [5.41, 5.74) is 0.945. The molecule has 0 bridgehead atoms. The van der Waals surface area contributed by atoms with Gasteiger partial charge in [-0.2, -0.15) is 10.4 Å². The number of carbonyl (C=O) groups excluding carboxylic acids is 1. The van der Waals surface area contributed by atoms with Gasteiger partial charge < -0.3 is 0 Å². The number of aromatic nitrogens is 2. The summed E-state index contributed by atoms with van der Waals surface area (Å²) >= 11 is 11.7. The molecule has 2 rings (SSSR count). The first kappa shape index (κ1) is 14.3. The van der Waals surface area contributed by atoms with E-state index in [-0.39, 0.29) is 11.1 Å². The molecule has 0 saturated carbocycles. The minimum Gasteiger partial charge on any atom is -0.288 e. The number of benzene rings is 1. The normalized spacial score (nSPS) is 11.2. The average molecular weight is 306 g/mol. The molecular weight excluding hydrogens is 297 g/mol. The van der Waals surface area contributed by atoms with Crippen molar-refractivity contribution in [1.29, 1.82) is 5.26 Å². The second kappa shape index (κ2) is 5.91. The van der Waals surface area contributed by atoms with Gasteiger partial charge >= 0.3 is 0 Å². The van der Waals surface area contributed by atoms with E-state index in [4.69, 9.17) is 28.5 Å². The average Bonchev–Trinajstić information content (AvgIpc) is 2.79. The van der Waals surface area contributed by atoms with Crippen molar-refractivity contribution in [2.24, 2.45) is 7.05 Å². The summed E-state index contributed by atoms with van der Waals surface area (Å²) in [5.74, 6) is -0.430. The molecule has 20 heavy (non-hydrogen) atoms. The zero-order valence-corrected chi connectivity index (χ0v) is 12.0. The number of ketones is 1. The highest BCUT2D eigenvalue weighted by molar-refractivity contribution is 6.35. The second-order valence-corrected chi connectivity index (χ2v) is 4.98. The van der Waals surface area contributed by atoms with Crippen LogP contribution >= 0.6 is 23.2 Å². The molecule has 0 fully saturated rings. The Morgan fingerprint density at radius 3 is 2.50 bits per heavy atom. The van der Waals surface area contributed by atoms with Crippen molar-refractivity contribution in [3.63, 3.8) is 0 Å². The molecule has 0 aliphatic carbocycles. The standard InChI is InChI=1S/C14H9Cl2N3O/c1-19-8-9(7-18-19)2-11(6-17)14(20)10-3-12(15)5-13(16)4-10/h2-5,7-8H,1H3/b11-2+. The minimum atomic E-state index is -0.430. The van der Waals surface area contributed by atoms with E-state index in [1.54, 1.807) is 24.1 Å². The Morgan fingerprint density at radius 1 is 1.35 bits per heavy atom. The van der Waals surface area contributed by atoms with E-state index in [0.29, 0.717) is 15.6 Å². The maximum atomic E-state index is 12.3. The van der Waals surface area contributed by atoms with Crippen LogP contribution in [0.2, 0.25) is 10.0 Å². The molecule has 100 valence electrons. The van der Waals surface area contributed by atoms with Crippen molar-refractivity contribution in [1.82, 2.24) is 9.78 Å². The van der Waals surface area contributed by atoms with Gasteiger partial charge in [0.15, 0.2) is 0 Å². The summed E-state index contributed by atoms with van der Waals surface area (Å²) in [6.45, 7) is 0. The molecule has 1 aromatic carbocycles. The van der Waals surface area contributed by atoms with Gasteiger partial charge in [-0.3, -0.25) is 9.48 Å². The van der Waals surface area contributed by atoms with Gasteiger partial charge in [-0.05, 0) is 24.3 Å². The Morgan fingerprint density at radius 2 is 2.00 bits per heavy atom. The van der Waals surface area contributed by atoms with E-state index in [1.165, 1.54) is 24.3 Å². The van der Waals surface area contributed by atoms with Gasteiger partial charge in [0.05, 0.1) is 6.20 Å². The van der Waals surface area contributed by atoms with Crippen LogP contribution < -0.4 is 0 Å². The van der Waals surface area contributed by atoms with Crippen molar-refractivity contribution in [2.45, 2.75) is 0 Å². The molecule has 4 nitrogen and oxygen atoms in total. The number of nitriles is 1. The maximum absolute atomic E-state index is 12.3. The maximum Gasteiger partial charge on any atom is 0.203 e. The van der Waals surface area contributed by atoms with Crippen molar-refractivity contribution >= 4 is 35.1 Å². The number of Topliss-reactive ketones (excluding diaryl/α,β-unsaturated/α-hetero) is 1. The number of nitrogens with zero attached hydrogens (tertiary/aromatic N) is 3. The van der Waals surface area contributed by atoms with Crippen LogP contribution in [-0.2, 0) is 7.05 Å². The van der Waals surface area contributed by atoms with Crippen LogP contribution in [0.1, 0.15) is 15.9 Å². The number of aryl methyl sites for hydroxylation is 1. The lowest BCUT2D eigenvalue weighted by atomic mass is 10.0. The SMILES string of the molecule is Cn1cc(/C=C(\C#N)C(=O)c2cc(Cl)cc(Cl)c2)cn1. The number of allylic oxidation sites excluding steroid dienone is 1. The van der Waals surface area contributed by atoms with E-state index in [1.807, 2.05) is 6.07 Å². The van der Waals surface area contributed by atoms with Gasteiger partial charge in [-0.25, -0.2) is 0 Å². The Labute approximate surface area is 125 Å². The van der Waals surface area contributed by atoms with Crippen LogP contribution in [0.15, 0.2) is 36.2 Å². The zero-order valence-electron chi connectivity index (χ0n) is 10.5. The molecule has 0 aliphatic rings. The van der Waals surface area contributed by atoms with Crippen molar-refractivity contribution < 1.29 is 4.79 Å². The molecule has 6 heteroatoms. The number of hydrogen-bond acceptors (Lipinski definition) is 3. The Kier molecular flexibility index (Phi) is 4.23. The van der Waals surface area contributed by atoms with Crippen molar-refractivity contribution in [3.05, 3.63) is 57.3 Å². The Balaban J connectivity index is 2.39. The quantitative estimate of drug-likeness (QED) is 0.495. The molecule has 0 atom stereocenters. The molecule has 0 N–H and O–H groups in total. The zero-order chi connectivity index (χ0) is 14.7. The lowest BCUT2D eigenvalue weighted by molar-refractivity contribution is 0.104. The van der Waals surface area contributed by atoms with Gasteiger partial charge in [0.25, 0.3) is 0 Å². The van der Waals surface area contributed by atoms with Gasteiger partial charge in [-0.15, -0.1) is 0 Å². The number of hydrogen-bond donors (Lipinski definition) is 0. The summed E-state index contributed by atoms with van der Waals surface area (Å²) < 4.78 is 1.58. The number of rotatable bonds is 3. The molecule has 1 heterocycles. The molecule has 1 aromatic heterocycles. The van der Waals surface area contributed by atoms with Gasteiger partial charge in [0, 0.05) is 34.4 Å². The second-order valence-electron chi connectivity index (χ2n) is 4.10. The number of halogens is 2. The third-order valence-corrected chi connectivity index (χ3v) is 2.96. The first-order valence-corrected chi connectivity index (χ1v) is 6.36. The fourth-order valence-electron chi connectivity index (χ4n) is 1.67. The fraction of sp³-hybridized carbons (Fsp3) is 0.0714. The molecule has 0 aliphatic heterocycles. The van der Waals surface area contributed by atoms with E-state index < -0.39 is 5.78 Å². The van der Waals surface area contributed by atoms with Crippen LogP contribution in [0.5, 0.6) is 0 Å². The highest BCUT2D eigenvalue weighted by Gasteiger charge is 2.14. The predicted octanol–water partition coefficient (Wildman–Crippen LogP) is 3.52. The third kappa shape index (κ3) is 3.27. The number of carbonyl (C=O) groups is 1. The van der Waals surface area contributed by atoms with Gasteiger partial charge in [-0.1, -0.05) is 23.2 Å². The van der Waals surface area contributed by atoms with Gasteiger partial charge in [0.2, 0.25) is 5.78 Å². The Bertz CT molecular complexity index is 721. The molecular formula is C14H9Cl2N3O. The van der Waals surface area contributed by atoms with Gasteiger partial charge in [0.1, 0.15) is 11.6 Å². The molecule has 0 saturated heterocycles. The molecule has 0 radical (unpaired) electrons. The lowest BCUT2D eigenvalue weighted by Gasteiger charge is -2.01. The minimum absolute atomic E-state index is 0.00340. The molecule has 0 unspecified atom stereocenters. The molecule has 0 amide bonds. The summed E-state index contributed by atoms with van der Waals surface area (Å²) in [4.78, 5) is 12.3. The lowest BCUT2D eigenvalue weighted by Crippen LogP contribution is -2.02. The monoisotopic (exact) mass is 305 g/mol. The van der Waals surface area contributed by atoms with E-state index in [0.717, 1.165) is 0 Å². The summed E-state index contributed by atoms with van der Waals surface area (Å²) in [6, 6.07) is 6.36. The third-order valence-electron chi connectivity index (χ3n) is 2.53. The van der Waals surface area contributed by atoms with Crippen LogP contribution in [0.25, 0.3) is 6.08 Å². The summed E-state index contributed by atoms with van der Waals surface area (Å²) in [7, 11) is 1.75. The Hall–Kier alpha value is -2.09. The highest BCUT2D eigenvalue weighted by atomic mass is 35.5. The van der Waals surface area contributed by atoms with Crippen molar-refractivity contribution in [2.75, 3.05) is 0 Å². The van der Waals surface area contributed by atoms with Crippen molar-refractivity contribution in [3.8, 4) is 6.07 Å². The topological polar surface area (TPSA) is 58.7 Å². The largest absolute Gasteiger partial charge is 0.288 e. The molecule has 2 aromatic rings. The molecule has 0 spiro atoms. The first-order chi connectivity index (χ1) is 9.49. The van der Waals surface area contributed by atoms with E-state index in [2.05, 4.69) is 5.10 Å². The predicted molar refractivity (Wildman–Crippen MR) is 77.6 cm³/mol. The van der Waals surface area contributed by atoms with E-state index in [9.17, 15) is 4.79 Å².